The van der Waals surface area contributed by atoms with E-state index in [9.17, 15) is 9.59 Å². The van der Waals surface area contributed by atoms with E-state index in [4.69, 9.17) is 14.2 Å². The number of esters is 1. The van der Waals surface area contributed by atoms with Crippen LogP contribution in [-0.4, -0.2) is 50.1 Å². The Hall–Kier alpha value is -2.12. The molecule has 1 saturated heterocycles. The van der Waals surface area contributed by atoms with Crippen LogP contribution in [0, 0.1) is 0 Å². The van der Waals surface area contributed by atoms with Crippen molar-refractivity contribution in [1.82, 2.24) is 0 Å². The predicted octanol–water partition coefficient (Wildman–Crippen LogP) is 2.31. The maximum atomic E-state index is 13.1. The number of benzene rings is 1. The molecule has 2 aliphatic heterocycles. The predicted molar refractivity (Wildman–Crippen MR) is 97.0 cm³/mol. The van der Waals surface area contributed by atoms with Crippen LogP contribution in [0.5, 0.6) is 0 Å². The van der Waals surface area contributed by atoms with Gasteiger partial charge in [0, 0.05) is 13.0 Å². The second-order valence-corrected chi connectivity index (χ2v) is 6.36. The van der Waals surface area contributed by atoms with Crippen LogP contribution in [0.15, 0.2) is 24.3 Å². The van der Waals surface area contributed by atoms with Crippen LogP contribution in [0.25, 0.3) is 0 Å². The molecule has 0 bridgehead atoms. The quantitative estimate of drug-likeness (QED) is 0.618. The van der Waals surface area contributed by atoms with E-state index in [0.717, 1.165) is 12.1 Å². The maximum absolute atomic E-state index is 13.1. The molecule has 1 aromatic carbocycles. The summed E-state index contributed by atoms with van der Waals surface area (Å²) in [6.07, 6.45) is 1.14. The molecule has 7 heteroatoms. The summed E-state index contributed by atoms with van der Waals surface area (Å²) in [5.74, 6) is -0.906. The van der Waals surface area contributed by atoms with Gasteiger partial charge in [0.15, 0.2) is 6.29 Å². The van der Waals surface area contributed by atoms with Gasteiger partial charge in [0.2, 0.25) is 5.54 Å². The van der Waals surface area contributed by atoms with Gasteiger partial charge in [-0.2, -0.15) is 0 Å². The minimum absolute atomic E-state index is 0.212. The summed E-state index contributed by atoms with van der Waals surface area (Å²) in [4.78, 5) is 27.9. The van der Waals surface area contributed by atoms with Crippen LogP contribution in [-0.2, 0) is 23.8 Å². The molecule has 2 aliphatic rings. The van der Waals surface area contributed by atoms with Crippen molar-refractivity contribution in [2.24, 2.45) is 0 Å². The van der Waals surface area contributed by atoms with Crippen molar-refractivity contribution in [2.75, 3.05) is 36.6 Å². The molecule has 0 aromatic heterocycles. The minimum atomic E-state index is -1.43. The second-order valence-electron chi connectivity index (χ2n) is 6.36. The lowest BCUT2D eigenvalue weighted by Crippen LogP contribution is -2.65. The van der Waals surface area contributed by atoms with E-state index < -0.39 is 17.8 Å². The molecule has 1 N–H and O–H groups in total. The van der Waals surface area contributed by atoms with E-state index in [-0.39, 0.29) is 18.9 Å². The summed E-state index contributed by atoms with van der Waals surface area (Å²) in [5.41, 5.74) is 0.0843. The van der Waals surface area contributed by atoms with Gasteiger partial charge in [-0.25, -0.2) is 4.79 Å². The number of anilines is 2. The molecule has 2 heterocycles. The summed E-state index contributed by atoms with van der Waals surface area (Å²) in [5, 5.41) is 2.88. The first-order valence-corrected chi connectivity index (χ1v) is 9.22. The summed E-state index contributed by atoms with van der Waals surface area (Å²) < 4.78 is 16.5. The highest BCUT2D eigenvalue weighted by Gasteiger charge is 2.55. The summed E-state index contributed by atoms with van der Waals surface area (Å²) in [7, 11) is 0. The zero-order chi connectivity index (χ0) is 18.6. The van der Waals surface area contributed by atoms with Gasteiger partial charge in [0.05, 0.1) is 31.2 Å². The Morgan fingerprint density at radius 3 is 2.73 bits per heavy atom. The van der Waals surface area contributed by atoms with Crippen molar-refractivity contribution < 1.29 is 23.8 Å². The molecule has 1 atom stereocenters. The topological polar surface area (TPSA) is 77.1 Å². The lowest BCUT2D eigenvalue weighted by atomic mass is 9.86. The number of hydrogen-bond donors (Lipinski definition) is 1. The Morgan fingerprint density at radius 1 is 1.31 bits per heavy atom. The fourth-order valence-electron chi connectivity index (χ4n) is 3.64. The largest absolute Gasteiger partial charge is 0.464 e. The van der Waals surface area contributed by atoms with Gasteiger partial charge >= 0.3 is 5.97 Å². The van der Waals surface area contributed by atoms with Gasteiger partial charge in [0.25, 0.3) is 5.91 Å². The molecule has 1 unspecified atom stereocenters. The van der Waals surface area contributed by atoms with Crippen molar-refractivity contribution in [3.05, 3.63) is 24.3 Å². The fourth-order valence-corrected chi connectivity index (χ4v) is 3.64. The zero-order valence-corrected chi connectivity index (χ0v) is 15.3. The molecule has 0 spiro atoms. The van der Waals surface area contributed by atoms with Gasteiger partial charge in [0.1, 0.15) is 0 Å². The highest BCUT2D eigenvalue weighted by molar-refractivity contribution is 6.19. The second kappa shape index (κ2) is 8.05. The normalized spacial score (nSPS) is 23.3. The molecule has 1 amide bonds. The van der Waals surface area contributed by atoms with E-state index in [1.54, 1.807) is 6.92 Å². The molecule has 3 rings (SSSR count). The maximum Gasteiger partial charge on any atom is 0.341 e. The Labute approximate surface area is 153 Å². The molecule has 0 radical (unpaired) electrons. The number of likely N-dealkylation sites (N-methyl/N-ethyl adjacent to an activating group) is 1. The molecular formula is C19H26N2O5. The number of carbonyl (C=O) groups is 2. The number of nitrogens with zero attached hydrogens (tertiary/aromatic N) is 1. The van der Waals surface area contributed by atoms with Crippen LogP contribution in [0.4, 0.5) is 11.4 Å². The van der Waals surface area contributed by atoms with Crippen LogP contribution < -0.4 is 10.2 Å². The van der Waals surface area contributed by atoms with E-state index >= 15 is 0 Å². The minimum Gasteiger partial charge on any atom is -0.464 e. The number of nitrogens with one attached hydrogen (secondary N) is 1. The third kappa shape index (κ3) is 3.29. The summed E-state index contributed by atoms with van der Waals surface area (Å²) in [6, 6.07) is 7.48. The first-order chi connectivity index (χ1) is 12.6. The van der Waals surface area contributed by atoms with Gasteiger partial charge in [-0.15, -0.1) is 0 Å². The average molecular weight is 362 g/mol. The van der Waals surface area contributed by atoms with E-state index in [0.29, 0.717) is 31.9 Å². The average Bonchev–Trinajstić information content (AvgIpc) is 2.67. The van der Waals surface area contributed by atoms with E-state index in [2.05, 4.69) is 5.32 Å². The van der Waals surface area contributed by atoms with Crippen molar-refractivity contribution in [1.29, 1.82) is 0 Å². The molecule has 1 aromatic rings. The molecule has 0 aliphatic carbocycles. The number of rotatable bonds is 6. The van der Waals surface area contributed by atoms with Gasteiger partial charge in [-0.3, -0.25) is 4.79 Å². The number of fused-ring (bicyclic) bond motifs is 1. The molecule has 0 saturated carbocycles. The molecular weight excluding hydrogens is 336 g/mol. The van der Waals surface area contributed by atoms with Crippen molar-refractivity contribution in [3.63, 3.8) is 0 Å². The third-order valence-electron chi connectivity index (χ3n) is 4.85. The third-order valence-corrected chi connectivity index (χ3v) is 4.85. The SMILES string of the molecule is CCOC(=O)C1(CCC2OCCCO2)C(=O)Nc2ccccc2N1CC. The number of carbonyl (C=O) groups excluding carboxylic acids is 2. The lowest BCUT2D eigenvalue weighted by Gasteiger charge is -2.45. The fraction of sp³-hybridized carbons (Fsp3) is 0.579. The summed E-state index contributed by atoms with van der Waals surface area (Å²) >= 11 is 0. The monoisotopic (exact) mass is 362 g/mol. The Morgan fingerprint density at radius 2 is 2.04 bits per heavy atom. The molecule has 7 nitrogen and oxygen atoms in total. The first-order valence-electron chi connectivity index (χ1n) is 9.22. The van der Waals surface area contributed by atoms with Gasteiger partial charge in [-0.1, -0.05) is 12.1 Å². The van der Waals surface area contributed by atoms with E-state index in [1.807, 2.05) is 36.1 Å². The van der Waals surface area contributed by atoms with Crippen LogP contribution in [0.2, 0.25) is 0 Å². The smallest absolute Gasteiger partial charge is 0.341 e. The Balaban J connectivity index is 1.95. The lowest BCUT2D eigenvalue weighted by molar-refractivity contribution is -0.184. The standard InChI is InChI=1S/C19H26N2O5/c1-3-21-15-9-6-5-8-14(15)20-17(22)19(21,18(23)24-4-2)11-10-16-25-12-7-13-26-16/h5-6,8-9,16H,3-4,7,10-13H2,1-2H3,(H,20,22). The first kappa shape index (κ1) is 18.7. The number of hydrogen-bond acceptors (Lipinski definition) is 6. The number of amides is 1. The molecule has 142 valence electrons. The highest BCUT2D eigenvalue weighted by Crippen LogP contribution is 2.40. The Kier molecular flexibility index (Phi) is 5.78. The van der Waals surface area contributed by atoms with Crippen LogP contribution in [0.1, 0.15) is 33.1 Å². The molecule has 1 fully saturated rings. The van der Waals surface area contributed by atoms with Crippen LogP contribution in [0.3, 0.4) is 0 Å². The van der Waals surface area contributed by atoms with Gasteiger partial charge < -0.3 is 24.4 Å². The number of para-hydroxylation sites is 2. The zero-order valence-electron chi connectivity index (χ0n) is 15.3. The highest BCUT2D eigenvalue weighted by atomic mass is 16.7. The molecule has 26 heavy (non-hydrogen) atoms. The van der Waals surface area contributed by atoms with Gasteiger partial charge in [-0.05, 0) is 38.8 Å². The van der Waals surface area contributed by atoms with Crippen molar-refractivity contribution >= 4 is 23.3 Å². The van der Waals surface area contributed by atoms with E-state index in [1.165, 1.54) is 0 Å². The summed E-state index contributed by atoms with van der Waals surface area (Å²) in [6.45, 7) is 5.63. The van der Waals surface area contributed by atoms with Crippen molar-refractivity contribution in [2.45, 2.75) is 44.9 Å². The van der Waals surface area contributed by atoms with Crippen molar-refractivity contribution in [3.8, 4) is 0 Å². The number of ether oxygens (including phenoxy) is 3. The Bertz CT molecular complexity index is 659. The van der Waals surface area contributed by atoms with Crippen LogP contribution >= 0.6 is 0 Å².